The van der Waals surface area contributed by atoms with E-state index in [1.54, 1.807) is 36.1 Å². The summed E-state index contributed by atoms with van der Waals surface area (Å²) in [6.45, 7) is 0. The largest absolute Gasteiger partial charge is 0.466 e. The number of hydrogen-bond acceptors (Lipinski definition) is 4. The van der Waals surface area contributed by atoms with Crippen molar-refractivity contribution in [2.45, 2.75) is 6.10 Å². The Morgan fingerprint density at radius 3 is 2.94 bits per heavy atom. The van der Waals surface area contributed by atoms with E-state index in [-0.39, 0.29) is 0 Å². The highest BCUT2D eigenvalue weighted by Gasteiger charge is 2.15. The molecule has 3 aromatic heterocycles. The summed E-state index contributed by atoms with van der Waals surface area (Å²) in [7, 11) is 0. The Labute approximate surface area is 108 Å². The lowest BCUT2D eigenvalue weighted by Gasteiger charge is -2.06. The van der Waals surface area contributed by atoms with Crippen molar-refractivity contribution in [1.29, 1.82) is 0 Å². The van der Waals surface area contributed by atoms with Crippen LogP contribution in [0, 0.1) is 0 Å². The number of furan rings is 1. The lowest BCUT2D eigenvalue weighted by atomic mass is 10.1. The maximum Gasteiger partial charge on any atom is 0.138 e. The molecule has 90 valence electrons. The number of aliphatic hydroxyl groups is 1. The summed E-state index contributed by atoms with van der Waals surface area (Å²) in [4.78, 5) is 5.12. The van der Waals surface area contributed by atoms with Gasteiger partial charge in [-0.1, -0.05) is 12.1 Å². The zero-order valence-electron chi connectivity index (χ0n) is 9.48. The van der Waals surface area contributed by atoms with Crippen LogP contribution in [-0.4, -0.2) is 10.1 Å². The Bertz CT molecular complexity index is 616. The monoisotopic (exact) mass is 257 g/mol. The van der Waals surface area contributed by atoms with Crippen LogP contribution in [0.4, 0.5) is 0 Å². The number of aromatic nitrogens is 1. The van der Waals surface area contributed by atoms with Crippen LogP contribution in [0.2, 0.25) is 0 Å². The van der Waals surface area contributed by atoms with Crippen molar-refractivity contribution in [2.24, 2.45) is 0 Å². The fourth-order valence-electron chi connectivity index (χ4n) is 1.77. The molecule has 0 amide bonds. The van der Waals surface area contributed by atoms with Gasteiger partial charge in [0.2, 0.25) is 0 Å². The van der Waals surface area contributed by atoms with Gasteiger partial charge >= 0.3 is 0 Å². The zero-order chi connectivity index (χ0) is 12.4. The molecule has 1 N–H and O–H groups in total. The van der Waals surface area contributed by atoms with Gasteiger partial charge in [-0.05, 0) is 23.6 Å². The van der Waals surface area contributed by atoms with E-state index in [1.165, 1.54) is 0 Å². The fraction of sp³-hybridized carbons (Fsp3) is 0.0714. The number of nitrogens with zero attached hydrogens (tertiary/aromatic N) is 1. The van der Waals surface area contributed by atoms with E-state index in [0.717, 1.165) is 16.0 Å². The van der Waals surface area contributed by atoms with Crippen LogP contribution >= 0.6 is 11.3 Å². The second kappa shape index (κ2) is 4.76. The molecule has 0 aromatic carbocycles. The third kappa shape index (κ3) is 2.08. The Morgan fingerprint density at radius 2 is 2.22 bits per heavy atom. The van der Waals surface area contributed by atoms with Crippen LogP contribution in [-0.2, 0) is 0 Å². The van der Waals surface area contributed by atoms with Crippen molar-refractivity contribution < 1.29 is 9.52 Å². The summed E-state index contributed by atoms with van der Waals surface area (Å²) in [5, 5.41) is 12.2. The van der Waals surface area contributed by atoms with Gasteiger partial charge in [-0.15, -0.1) is 11.3 Å². The quantitative estimate of drug-likeness (QED) is 0.781. The Hall–Kier alpha value is -1.91. The van der Waals surface area contributed by atoms with Gasteiger partial charge in [-0.25, -0.2) is 0 Å². The molecule has 3 rings (SSSR count). The topological polar surface area (TPSA) is 46.3 Å². The summed E-state index contributed by atoms with van der Waals surface area (Å²) < 4.78 is 5.43. The summed E-state index contributed by atoms with van der Waals surface area (Å²) in [5.41, 5.74) is 1.72. The fourth-order valence-corrected chi connectivity index (χ4v) is 2.47. The summed E-state index contributed by atoms with van der Waals surface area (Å²) >= 11 is 1.64. The molecule has 3 nitrogen and oxygen atoms in total. The molecule has 0 fully saturated rings. The van der Waals surface area contributed by atoms with Gasteiger partial charge in [0, 0.05) is 28.4 Å². The average Bonchev–Trinajstić information content (AvgIpc) is 3.09. The molecule has 0 saturated heterocycles. The molecule has 0 radical (unpaired) electrons. The number of thiophene rings is 1. The second-order valence-electron chi connectivity index (χ2n) is 3.90. The normalized spacial score (nSPS) is 12.5. The molecule has 4 heteroatoms. The molecular weight excluding hydrogens is 246 g/mol. The van der Waals surface area contributed by atoms with E-state index in [4.69, 9.17) is 4.42 Å². The maximum absolute atomic E-state index is 10.2. The first-order valence-corrected chi connectivity index (χ1v) is 6.43. The molecule has 18 heavy (non-hydrogen) atoms. The van der Waals surface area contributed by atoms with E-state index in [2.05, 4.69) is 4.98 Å². The first kappa shape index (κ1) is 11.2. The molecule has 0 spiro atoms. The van der Waals surface area contributed by atoms with Gasteiger partial charge in [0.1, 0.15) is 11.9 Å². The summed E-state index contributed by atoms with van der Waals surface area (Å²) in [5.74, 6) is 0.534. The standard InChI is InChI=1S/C14H11NO2S/c16-14(10-3-1-5-15-8-10)12-7-11(9-17-12)13-4-2-6-18-13/h1-9,14,16H. The lowest BCUT2D eigenvalue weighted by Crippen LogP contribution is -1.97. The summed E-state index contributed by atoms with van der Waals surface area (Å²) in [6.07, 6.45) is 4.21. The van der Waals surface area contributed by atoms with E-state index < -0.39 is 6.10 Å². The predicted molar refractivity (Wildman–Crippen MR) is 70.3 cm³/mol. The number of rotatable bonds is 3. The number of aliphatic hydroxyl groups excluding tert-OH is 1. The van der Waals surface area contributed by atoms with Gasteiger partial charge in [0.05, 0.1) is 6.26 Å². The first-order chi connectivity index (χ1) is 8.84. The Balaban J connectivity index is 1.90. The third-order valence-electron chi connectivity index (χ3n) is 2.70. The third-order valence-corrected chi connectivity index (χ3v) is 3.61. The maximum atomic E-state index is 10.2. The van der Waals surface area contributed by atoms with E-state index in [1.807, 2.05) is 29.6 Å². The minimum Gasteiger partial charge on any atom is -0.466 e. The SMILES string of the molecule is OC(c1cccnc1)c1cc(-c2cccs2)co1. The Kier molecular flexibility index (Phi) is 2.96. The Morgan fingerprint density at radius 1 is 1.28 bits per heavy atom. The van der Waals surface area contributed by atoms with Crippen LogP contribution in [0.3, 0.4) is 0 Å². The molecule has 0 aliphatic heterocycles. The molecule has 1 unspecified atom stereocenters. The zero-order valence-corrected chi connectivity index (χ0v) is 10.3. The highest BCUT2D eigenvalue weighted by atomic mass is 32.1. The van der Waals surface area contributed by atoms with Crippen molar-refractivity contribution >= 4 is 11.3 Å². The molecule has 0 saturated carbocycles. The number of hydrogen-bond donors (Lipinski definition) is 1. The summed E-state index contributed by atoms with van der Waals surface area (Å²) in [6, 6.07) is 9.50. The minimum atomic E-state index is -0.771. The number of pyridine rings is 1. The molecule has 3 heterocycles. The second-order valence-corrected chi connectivity index (χ2v) is 4.85. The van der Waals surface area contributed by atoms with Gasteiger partial charge in [0.25, 0.3) is 0 Å². The van der Waals surface area contributed by atoms with Crippen molar-refractivity contribution in [3.05, 3.63) is 65.7 Å². The first-order valence-electron chi connectivity index (χ1n) is 5.55. The van der Waals surface area contributed by atoms with Crippen molar-refractivity contribution in [3.8, 4) is 10.4 Å². The van der Waals surface area contributed by atoms with Crippen LogP contribution in [0.25, 0.3) is 10.4 Å². The highest BCUT2D eigenvalue weighted by molar-refractivity contribution is 7.13. The molecule has 1 atom stereocenters. The smallest absolute Gasteiger partial charge is 0.138 e. The van der Waals surface area contributed by atoms with Gasteiger partial charge in [-0.3, -0.25) is 4.98 Å². The van der Waals surface area contributed by atoms with Crippen LogP contribution in [0.15, 0.2) is 58.8 Å². The van der Waals surface area contributed by atoms with Crippen LogP contribution in [0.1, 0.15) is 17.4 Å². The van der Waals surface area contributed by atoms with Crippen LogP contribution < -0.4 is 0 Å². The molecule has 0 aliphatic carbocycles. The van der Waals surface area contributed by atoms with Gasteiger partial charge in [0.15, 0.2) is 0 Å². The van der Waals surface area contributed by atoms with Crippen molar-refractivity contribution in [1.82, 2.24) is 4.98 Å². The minimum absolute atomic E-state index is 0.534. The molecule has 0 bridgehead atoms. The van der Waals surface area contributed by atoms with Crippen molar-refractivity contribution in [3.63, 3.8) is 0 Å². The molecule has 0 aliphatic rings. The molecular formula is C14H11NO2S. The van der Waals surface area contributed by atoms with Gasteiger partial charge in [-0.2, -0.15) is 0 Å². The van der Waals surface area contributed by atoms with Gasteiger partial charge < -0.3 is 9.52 Å². The van der Waals surface area contributed by atoms with Crippen LogP contribution in [0.5, 0.6) is 0 Å². The average molecular weight is 257 g/mol. The van der Waals surface area contributed by atoms with E-state index in [0.29, 0.717) is 5.76 Å². The predicted octanol–water partition coefficient (Wildman–Crippen LogP) is 3.48. The van der Waals surface area contributed by atoms with E-state index >= 15 is 0 Å². The lowest BCUT2D eigenvalue weighted by molar-refractivity contribution is 0.189. The highest BCUT2D eigenvalue weighted by Crippen LogP contribution is 2.30. The van der Waals surface area contributed by atoms with E-state index in [9.17, 15) is 5.11 Å². The van der Waals surface area contributed by atoms with Crippen molar-refractivity contribution in [2.75, 3.05) is 0 Å². The molecule has 3 aromatic rings.